The van der Waals surface area contributed by atoms with Gasteiger partial charge in [0.1, 0.15) is 5.69 Å². The topological polar surface area (TPSA) is 83.8 Å². The summed E-state index contributed by atoms with van der Waals surface area (Å²) in [5.41, 5.74) is 6.30. The molecule has 0 saturated carbocycles. The van der Waals surface area contributed by atoms with Crippen molar-refractivity contribution in [3.05, 3.63) is 11.9 Å². The van der Waals surface area contributed by atoms with Crippen molar-refractivity contribution in [2.75, 3.05) is 17.7 Å². The first-order chi connectivity index (χ1) is 7.19. The summed E-state index contributed by atoms with van der Waals surface area (Å²) < 4.78 is 0. The summed E-state index contributed by atoms with van der Waals surface area (Å²) in [5, 5.41) is 9.19. The van der Waals surface area contributed by atoms with Crippen LogP contribution in [-0.2, 0) is 0 Å². The van der Waals surface area contributed by atoms with Gasteiger partial charge in [-0.3, -0.25) is 9.89 Å². The molecule has 0 fully saturated rings. The van der Waals surface area contributed by atoms with Gasteiger partial charge in [-0.2, -0.15) is 16.9 Å². The molecule has 0 bridgehead atoms. The second-order valence-electron chi connectivity index (χ2n) is 3.23. The third-order valence-corrected chi connectivity index (χ3v) is 2.83. The molecule has 84 valence electrons. The number of carbonyl (C=O) groups excluding carboxylic acids is 1. The first-order valence-corrected chi connectivity index (χ1v) is 6.17. The Bertz CT molecular complexity index is 326. The summed E-state index contributed by atoms with van der Waals surface area (Å²) in [7, 11) is 0. The number of nitrogens with one attached hydrogen (secondary N) is 2. The smallest absolute Gasteiger partial charge is 0.271 e. The zero-order valence-corrected chi connectivity index (χ0v) is 9.73. The van der Waals surface area contributed by atoms with Crippen LogP contribution in [-0.4, -0.2) is 34.2 Å². The number of anilines is 1. The lowest BCUT2D eigenvalue weighted by atomic mass is 10.2. The fourth-order valence-electron chi connectivity index (χ4n) is 1.20. The molecule has 1 amide bonds. The number of nitrogens with two attached hydrogens (primary N) is 1. The molecule has 0 spiro atoms. The Hall–Kier alpha value is -1.17. The Labute approximate surface area is 93.2 Å². The SMILES string of the molecule is CCC(CSC)NC(=O)c1[nH]ncc1N. The molecular formula is C9H16N4OS. The van der Waals surface area contributed by atoms with E-state index in [-0.39, 0.29) is 11.9 Å². The van der Waals surface area contributed by atoms with E-state index in [0.29, 0.717) is 11.4 Å². The van der Waals surface area contributed by atoms with Crippen LogP contribution in [0.1, 0.15) is 23.8 Å². The van der Waals surface area contributed by atoms with E-state index in [0.717, 1.165) is 12.2 Å². The average Bonchev–Trinajstić information content (AvgIpc) is 2.63. The van der Waals surface area contributed by atoms with Gasteiger partial charge in [0.2, 0.25) is 0 Å². The van der Waals surface area contributed by atoms with Crippen LogP contribution in [0, 0.1) is 0 Å². The second kappa shape index (κ2) is 5.65. The maximum Gasteiger partial charge on any atom is 0.271 e. The van der Waals surface area contributed by atoms with E-state index < -0.39 is 0 Å². The van der Waals surface area contributed by atoms with Crippen molar-refractivity contribution in [1.29, 1.82) is 0 Å². The molecule has 1 unspecified atom stereocenters. The summed E-state index contributed by atoms with van der Waals surface area (Å²) >= 11 is 1.71. The van der Waals surface area contributed by atoms with E-state index >= 15 is 0 Å². The van der Waals surface area contributed by atoms with Crippen LogP contribution in [0.15, 0.2) is 6.20 Å². The van der Waals surface area contributed by atoms with Gasteiger partial charge in [0.15, 0.2) is 0 Å². The van der Waals surface area contributed by atoms with Gasteiger partial charge in [-0.1, -0.05) is 6.92 Å². The number of thioether (sulfide) groups is 1. The van der Waals surface area contributed by atoms with E-state index in [1.807, 2.05) is 13.2 Å². The Kier molecular flexibility index (Phi) is 4.48. The van der Waals surface area contributed by atoms with Gasteiger partial charge < -0.3 is 11.1 Å². The summed E-state index contributed by atoms with van der Waals surface area (Å²) in [5.74, 6) is 0.710. The van der Waals surface area contributed by atoms with E-state index in [9.17, 15) is 4.79 Å². The lowest BCUT2D eigenvalue weighted by Gasteiger charge is -2.14. The van der Waals surface area contributed by atoms with Crippen molar-refractivity contribution in [3.8, 4) is 0 Å². The first kappa shape index (κ1) is 11.9. The number of rotatable bonds is 5. The van der Waals surface area contributed by atoms with Gasteiger partial charge in [-0.05, 0) is 12.7 Å². The quantitative estimate of drug-likeness (QED) is 0.698. The number of hydrogen-bond donors (Lipinski definition) is 3. The van der Waals surface area contributed by atoms with E-state index in [1.54, 1.807) is 11.8 Å². The molecule has 5 nitrogen and oxygen atoms in total. The standard InChI is InChI=1S/C9H16N4OS/c1-3-6(5-15-2)12-9(14)8-7(10)4-11-13-8/h4,6H,3,5,10H2,1-2H3,(H,11,13)(H,12,14). The van der Waals surface area contributed by atoms with Gasteiger partial charge in [0.25, 0.3) is 5.91 Å². The summed E-state index contributed by atoms with van der Waals surface area (Å²) in [6.07, 6.45) is 4.35. The van der Waals surface area contributed by atoms with Crippen molar-refractivity contribution in [1.82, 2.24) is 15.5 Å². The largest absolute Gasteiger partial charge is 0.396 e. The number of aromatic amines is 1. The summed E-state index contributed by atoms with van der Waals surface area (Å²) in [6.45, 7) is 2.04. The third kappa shape index (κ3) is 3.16. The monoisotopic (exact) mass is 228 g/mol. The average molecular weight is 228 g/mol. The molecule has 0 aromatic carbocycles. The highest BCUT2D eigenvalue weighted by Gasteiger charge is 2.15. The number of hydrogen-bond acceptors (Lipinski definition) is 4. The predicted molar refractivity (Wildman–Crippen MR) is 62.9 cm³/mol. The molecule has 6 heteroatoms. The lowest BCUT2D eigenvalue weighted by molar-refractivity contribution is 0.0936. The number of amides is 1. The van der Waals surface area contributed by atoms with Crippen LogP contribution < -0.4 is 11.1 Å². The number of carbonyl (C=O) groups is 1. The van der Waals surface area contributed by atoms with Crippen LogP contribution in [0.25, 0.3) is 0 Å². The van der Waals surface area contributed by atoms with Crippen molar-refractivity contribution in [3.63, 3.8) is 0 Å². The van der Waals surface area contributed by atoms with Crippen LogP contribution in [0.5, 0.6) is 0 Å². The lowest BCUT2D eigenvalue weighted by Crippen LogP contribution is -2.36. The minimum atomic E-state index is -0.189. The molecule has 4 N–H and O–H groups in total. The predicted octanol–water partition coefficient (Wildman–Crippen LogP) is 0.863. The van der Waals surface area contributed by atoms with Crippen LogP contribution in [0.2, 0.25) is 0 Å². The molecule has 1 atom stereocenters. The molecular weight excluding hydrogens is 212 g/mol. The highest BCUT2D eigenvalue weighted by molar-refractivity contribution is 7.98. The van der Waals surface area contributed by atoms with Crippen molar-refractivity contribution in [2.24, 2.45) is 0 Å². The number of nitrogens with zero attached hydrogens (tertiary/aromatic N) is 1. The number of H-pyrrole nitrogens is 1. The van der Waals surface area contributed by atoms with Crippen molar-refractivity contribution in [2.45, 2.75) is 19.4 Å². The molecule has 0 aliphatic rings. The van der Waals surface area contributed by atoms with Crippen LogP contribution in [0.3, 0.4) is 0 Å². The van der Waals surface area contributed by atoms with E-state index in [2.05, 4.69) is 15.5 Å². The minimum Gasteiger partial charge on any atom is -0.396 e. The van der Waals surface area contributed by atoms with Gasteiger partial charge in [-0.15, -0.1) is 0 Å². The van der Waals surface area contributed by atoms with Gasteiger partial charge in [0.05, 0.1) is 11.9 Å². The number of nitrogen functional groups attached to an aromatic ring is 1. The highest BCUT2D eigenvalue weighted by atomic mass is 32.2. The van der Waals surface area contributed by atoms with E-state index in [1.165, 1.54) is 6.20 Å². The van der Waals surface area contributed by atoms with Gasteiger partial charge in [-0.25, -0.2) is 0 Å². The summed E-state index contributed by atoms with van der Waals surface area (Å²) in [6, 6.07) is 0.176. The minimum absolute atomic E-state index is 0.176. The van der Waals surface area contributed by atoms with Crippen molar-refractivity contribution < 1.29 is 4.79 Å². The molecule has 0 radical (unpaired) electrons. The molecule has 0 aliphatic carbocycles. The van der Waals surface area contributed by atoms with Crippen LogP contribution in [0.4, 0.5) is 5.69 Å². The van der Waals surface area contributed by atoms with Crippen LogP contribution >= 0.6 is 11.8 Å². The first-order valence-electron chi connectivity index (χ1n) is 4.77. The molecule has 1 aromatic rings. The zero-order valence-electron chi connectivity index (χ0n) is 8.91. The summed E-state index contributed by atoms with van der Waals surface area (Å²) in [4.78, 5) is 11.7. The number of aromatic nitrogens is 2. The Balaban J connectivity index is 2.58. The normalized spacial score (nSPS) is 12.4. The Morgan fingerprint density at radius 2 is 2.53 bits per heavy atom. The third-order valence-electron chi connectivity index (χ3n) is 2.09. The molecule has 15 heavy (non-hydrogen) atoms. The second-order valence-corrected chi connectivity index (χ2v) is 4.15. The maximum absolute atomic E-state index is 11.7. The fraction of sp³-hybridized carbons (Fsp3) is 0.556. The molecule has 0 aliphatic heterocycles. The Morgan fingerprint density at radius 3 is 3.00 bits per heavy atom. The van der Waals surface area contributed by atoms with E-state index in [4.69, 9.17) is 5.73 Å². The Morgan fingerprint density at radius 1 is 1.80 bits per heavy atom. The molecule has 0 saturated heterocycles. The molecule has 1 aromatic heterocycles. The fourth-order valence-corrected chi connectivity index (χ4v) is 1.92. The van der Waals surface area contributed by atoms with Gasteiger partial charge in [0, 0.05) is 11.8 Å². The molecule has 1 heterocycles. The molecule has 1 rings (SSSR count). The maximum atomic E-state index is 11.7. The zero-order chi connectivity index (χ0) is 11.3. The highest BCUT2D eigenvalue weighted by Crippen LogP contribution is 2.07. The van der Waals surface area contributed by atoms with Crippen molar-refractivity contribution >= 4 is 23.4 Å². The van der Waals surface area contributed by atoms with Gasteiger partial charge >= 0.3 is 0 Å².